The van der Waals surface area contributed by atoms with Crippen LogP contribution in [0, 0.1) is 6.92 Å². The second-order valence-electron chi connectivity index (χ2n) is 5.87. The average Bonchev–Trinajstić information content (AvgIpc) is 2.53. The van der Waals surface area contributed by atoms with Crippen LogP contribution in [0.3, 0.4) is 0 Å². The highest BCUT2D eigenvalue weighted by Gasteiger charge is 2.31. The van der Waals surface area contributed by atoms with E-state index in [2.05, 4.69) is 9.97 Å². The van der Waals surface area contributed by atoms with Crippen LogP contribution < -0.4 is 4.90 Å². The van der Waals surface area contributed by atoms with Gasteiger partial charge in [0.15, 0.2) is 0 Å². The van der Waals surface area contributed by atoms with Crippen LogP contribution in [0.25, 0.3) is 0 Å². The first-order valence-electron chi connectivity index (χ1n) is 7.47. The van der Waals surface area contributed by atoms with Gasteiger partial charge in [-0.15, -0.1) is 0 Å². The Bertz CT molecular complexity index is 834. The van der Waals surface area contributed by atoms with Crippen molar-refractivity contribution in [3.05, 3.63) is 47.4 Å². The third-order valence-corrected chi connectivity index (χ3v) is 6.09. The SMILES string of the molecule is Cc1ccccc1S(=O)(=O)N1CCc2c(ncnc2N(C)C)C1. The van der Waals surface area contributed by atoms with Crippen molar-refractivity contribution in [3.8, 4) is 0 Å². The summed E-state index contributed by atoms with van der Waals surface area (Å²) < 4.78 is 27.3. The van der Waals surface area contributed by atoms with Gasteiger partial charge >= 0.3 is 0 Å². The molecule has 23 heavy (non-hydrogen) atoms. The normalized spacial score (nSPS) is 15.3. The van der Waals surface area contributed by atoms with Crippen LogP contribution in [0.5, 0.6) is 0 Å². The molecule has 0 radical (unpaired) electrons. The summed E-state index contributed by atoms with van der Waals surface area (Å²) in [5.41, 5.74) is 2.58. The molecule has 6 nitrogen and oxygen atoms in total. The van der Waals surface area contributed by atoms with Gasteiger partial charge in [-0.25, -0.2) is 18.4 Å². The molecule has 1 aliphatic rings. The van der Waals surface area contributed by atoms with Crippen LogP contribution >= 0.6 is 0 Å². The van der Waals surface area contributed by atoms with E-state index in [-0.39, 0.29) is 6.54 Å². The molecule has 0 spiro atoms. The second kappa shape index (κ2) is 5.90. The maximum absolute atomic E-state index is 12.9. The number of fused-ring (bicyclic) bond motifs is 1. The Balaban J connectivity index is 1.97. The van der Waals surface area contributed by atoms with E-state index in [1.54, 1.807) is 12.1 Å². The molecule has 3 rings (SSSR count). The third kappa shape index (κ3) is 2.82. The van der Waals surface area contributed by atoms with E-state index in [0.29, 0.717) is 17.9 Å². The summed E-state index contributed by atoms with van der Waals surface area (Å²) in [5, 5.41) is 0. The summed E-state index contributed by atoms with van der Waals surface area (Å²) in [6.45, 7) is 2.55. The fraction of sp³-hybridized carbons (Fsp3) is 0.375. The summed E-state index contributed by atoms with van der Waals surface area (Å²) in [4.78, 5) is 10.9. The Morgan fingerprint density at radius 2 is 1.91 bits per heavy atom. The lowest BCUT2D eigenvalue weighted by Gasteiger charge is -2.29. The highest BCUT2D eigenvalue weighted by atomic mass is 32.2. The van der Waals surface area contributed by atoms with Crippen molar-refractivity contribution >= 4 is 15.8 Å². The van der Waals surface area contributed by atoms with E-state index >= 15 is 0 Å². The van der Waals surface area contributed by atoms with E-state index < -0.39 is 10.0 Å². The number of anilines is 1. The van der Waals surface area contributed by atoms with Crippen molar-refractivity contribution in [2.24, 2.45) is 0 Å². The molecule has 0 unspecified atom stereocenters. The van der Waals surface area contributed by atoms with Gasteiger partial charge in [0.25, 0.3) is 0 Å². The molecule has 0 fully saturated rings. The van der Waals surface area contributed by atoms with E-state index in [1.165, 1.54) is 10.6 Å². The molecule has 1 aliphatic heterocycles. The lowest BCUT2D eigenvalue weighted by Crippen LogP contribution is -2.37. The first kappa shape index (κ1) is 15.9. The quantitative estimate of drug-likeness (QED) is 0.854. The van der Waals surface area contributed by atoms with E-state index in [1.807, 2.05) is 38.1 Å². The smallest absolute Gasteiger partial charge is 0.243 e. The molecular formula is C16H20N4O2S. The first-order chi connectivity index (χ1) is 10.9. The minimum Gasteiger partial charge on any atom is -0.362 e. The fourth-order valence-electron chi connectivity index (χ4n) is 2.89. The Morgan fingerprint density at radius 1 is 1.17 bits per heavy atom. The zero-order valence-electron chi connectivity index (χ0n) is 13.5. The minimum absolute atomic E-state index is 0.287. The van der Waals surface area contributed by atoms with Crippen LogP contribution in [-0.4, -0.2) is 43.3 Å². The topological polar surface area (TPSA) is 66.4 Å². The van der Waals surface area contributed by atoms with Gasteiger partial charge in [-0.3, -0.25) is 0 Å². The van der Waals surface area contributed by atoms with Crippen LogP contribution in [0.4, 0.5) is 5.82 Å². The lowest BCUT2D eigenvalue weighted by atomic mass is 10.1. The van der Waals surface area contributed by atoms with Gasteiger partial charge in [-0.1, -0.05) is 18.2 Å². The van der Waals surface area contributed by atoms with Gasteiger partial charge in [0.1, 0.15) is 12.1 Å². The highest BCUT2D eigenvalue weighted by Crippen LogP contribution is 2.28. The Morgan fingerprint density at radius 3 is 2.61 bits per heavy atom. The molecule has 122 valence electrons. The van der Waals surface area contributed by atoms with Gasteiger partial charge in [-0.05, 0) is 25.0 Å². The number of hydrogen-bond donors (Lipinski definition) is 0. The number of rotatable bonds is 3. The van der Waals surface area contributed by atoms with E-state index in [0.717, 1.165) is 22.6 Å². The van der Waals surface area contributed by atoms with Gasteiger partial charge in [0.2, 0.25) is 10.0 Å². The molecular weight excluding hydrogens is 312 g/mol. The summed E-state index contributed by atoms with van der Waals surface area (Å²) in [6, 6.07) is 7.07. The lowest BCUT2D eigenvalue weighted by molar-refractivity contribution is 0.384. The number of aryl methyl sites for hydroxylation is 1. The maximum Gasteiger partial charge on any atom is 0.243 e. The number of benzene rings is 1. The predicted molar refractivity (Wildman–Crippen MR) is 88.8 cm³/mol. The standard InChI is InChI=1S/C16H20N4O2S/c1-12-6-4-5-7-15(12)23(21,22)20-9-8-13-14(10-20)17-11-18-16(13)19(2)3/h4-7,11H,8-10H2,1-3H3. The Labute approximate surface area is 136 Å². The van der Waals surface area contributed by atoms with Crippen LogP contribution in [0.1, 0.15) is 16.8 Å². The molecule has 7 heteroatoms. The molecule has 0 aliphatic carbocycles. The summed E-state index contributed by atoms with van der Waals surface area (Å²) >= 11 is 0. The molecule has 2 heterocycles. The highest BCUT2D eigenvalue weighted by molar-refractivity contribution is 7.89. The molecule has 0 saturated heterocycles. The van der Waals surface area contributed by atoms with Crippen molar-refractivity contribution in [2.45, 2.75) is 24.8 Å². The molecule has 0 saturated carbocycles. The van der Waals surface area contributed by atoms with Gasteiger partial charge < -0.3 is 4.90 Å². The molecule has 1 aromatic carbocycles. The minimum atomic E-state index is -3.51. The number of sulfonamides is 1. The van der Waals surface area contributed by atoms with Crippen molar-refractivity contribution in [3.63, 3.8) is 0 Å². The van der Waals surface area contributed by atoms with Crippen molar-refractivity contribution in [1.82, 2.24) is 14.3 Å². The van der Waals surface area contributed by atoms with Crippen LogP contribution in [-0.2, 0) is 23.0 Å². The molecule has 0 atom stereocenters. The molecule has 0 bridgehead atoms. The van der Waals surface area contributed by atoms with Crippen molar-refractivity contribution < 1.29 is 8.42 Å². The number of hydrogen-bond acceptors (Lipinski definition) is 5. The molecule has 1 aromatic heterocycles. The monoisotopic (exact) mass is 332 g/mol. The first-order valence-corrected chi connectivity index (χ1v) is 8.91. The van der Waals surface area contributed by atoms with Gasteiger partial charge in [0, 0.05) is 26.2 Å². The average molecular weight is 332 g/mol. The Kier molecular flexibility index (Phi) is 4.08. The summed E-state index contributed by atoms with van der Waals surface area (Å²) in [5.74, 6) is 0.864. The van der Waals surface area contributed by atoms with E-state index in [9.17, 15) is 8.42 Å². The number of aromatic nitrogens is 2. The molecule has 0 N–H and O–H groups in total. The largest absolute Gasteiger partial charge is 0.362 e. The Hall–Kier alpha value is -1.99. The fourth-order valence-corrected chi connectivity index (χ4v) is 4.52. The van der Waals surface area contributed by atoms with Crippen molar-refractivity contribution in [2.75, 3.05) is 25.5 Å². The van der Waals surface area contributed by atoms with Crippen molar-refractivity contribution in [1.29, 1.82) is 0 Å². The summed E-state index contributed by atoms with van der Waals surface area (Å²) in [6.07, 6.45) is 2.12. The van der Waals surface area contributed by atoms with Crippen LogP contribution in [0.15, 0.2) is 35.5 Å². The number of nitrogens with zero attached hydrogens (tertiary/aromatic N) is 4. The van der Waals surface area contributed by atoms with Gasteiger partial charge in [0.05, 0.1) is 17.1 Å². The van der Waals surface area contributed by atoms with E-state index in [4.69, 9.17) is 0 Å². The maximum atomic E-state index is 12.9. The van der Waals surface area contributed by atoms with Gasteiger partial charge in [-0.2, -0.15) is 4.31 Å². The third-order valence-electron chi connectivity index (χ3n) is 4.08. The zero-order chi connectivity index (χ0) is 16.6. The summed E-state index contributed by atoms with van der Waals surface area (Å²) in [7, 11) is 0.350. The zero-order valence-corrected chi connectivity index (χ0v) is 14.3. The molecule has 2 aromatic rings. The van der Waals surface area contributed by atoms with Crippen LogP contribution in [0.2, 0.25) is 0 Å². The molecule has 0 amide bonds. The second-order valence-corrected chi connectivity index (χ2v) is 7.78. The predicted octanol–water partition coefficient (Wildman–Crippen LogP) is 1.60.